The smallest absolute Gasteiger partial charge is 0.0870 e. The standard InChI is InChI=1S/C12H25N3.C2H2O4/c1-15-8-6-12(10-13,7-9-15)14-11-4-2-3-5-11;3-1(4)2(5)6/h11,14H,2-10,13H2,1H3;(H,3,4)(H,5,6)/p-2. The first-order valence-electron chi connectivity index (χ1n) is 7.47. The van der Waals surface area contributed by atoms with Crippen LogP contribution in [0.3, 0.4) is 0 Å². The number of carbonyl (C=O) groups excluding carboxylic acids is 2. The average Bonchev–Trinajstić information content (AvgIpc) is 2.95. The number of piperidine rings is 1. The first-order valence-corrected chi connectivity index (χ1v) is 7.47. The summed E-state index contributed by atoms with van der Waals surface area (Å²) >= 11 is 0. The molecular formula is C14H25N3O4-2. The van der Waals surface area contributed by atoms with E-state index in [1.807, 2.05) is 0 Å². The second-order valence-corrected chi connectivity index (χ2v) is 5.99. The zero-order valence-electron chi connectivity index (χ0n) is 12.6. The summed E-state index contributed by atoms with van der Waals surface area (Å²) in [6, 6.07) is 0.747. The summed E-state index contributed by atoms with van der Waals surface area (Å²) in [5.74, 6) is -4.37. The minimum absolute atomic E-state index is 0.252. The van der Waals surface area contributed by atoms with Gasteiger partial charge in [0.15, 0.2) is 0 Å². The number of hydrogen-bond donors (Lipinski definition) is 2. The number of carboxylic acid groups (broad SMARTS) is 2. The summed E-state index contributed by atoms with van der Waals surface area (Å²) in [7, 11) is 2.20. The van der Waals surface area contributed by atoms with Crippen molar-refractivity contribution in [2.24, 2.45) is 5.73 Å². The summed E-state index contributed by atoms with van der Waals surface area (Å²) < 4.78 is 0. The van der Waals surface area contributed by atoms with Crippen LogP contribution in [0.1, 0.15) is 38.5 Å². The first-order chi connectivity index (χ1) is 9.88. The van der Waals surface area contributed by atoms with Crippen LogP contribution in [-0.2, 0) is 9.59 Å². The third kappa shape index (κ3) is 5.99. The molecule has 0 spiro atoms. The molecule has 0 aromatic heterocycles. The molecule has 2 rings (SSSR count). The molecule has 1 aliphatic heterocycles. The quantitative estimate of drug-likeness (QED) is 0.549. The van der Waals surface area contributed by atoms with Crippen molar-refractivity contribution in [2.45, 2.75) is 50.1 Å². The fourth-order valence-electron chi connectivity index (χ4n) is 2.96. The van der Waals surface area contributed by atoms with E-state index >= 15 is 0 Å². The van der Waals surface area contributed by atoms with Gasteiger partial charge in [0.05, 0.1) is 11.9 Å². The Hall–Kier alpha value is -1.18. The van der Waals surface area contributed by atoms with Crippen LogP contribution < -0.4 is 21.3 Å². The van der Waals surface area contributed by atoms with Gasteiger partial charge in [0, 0.05) is 18.1 Å². The van der Waals surface area contributed by atoms with Crippen molar-refractivity contribution in [3.05, 3.63) is 0 Å². The molecule has 0 amide bonds. The van der Waals surface area contributed by atoms with Gasteiger partial charge in [-0.15, -0.1) is 0 Å². The van der Waals surface area contributed by atoms with E-state index in [0.717, 1.165) is 12.6 Å². The van der Waals surface area contributed by atoms with E-state index in [4.69, 9.17) is 25.5 Å². The summed E-state index contributed by atoms with van der Waals surface area (Å²) in [5, 5.41) is 21.7. The van der Waals surface area contributed by atoms with Crippen LogP contribution in [0.25, 0.3) is 0 Å². The Bertz CT molecular complexity index is 336. The van der Waals surface area contributed by atoms with E-state index in [0.29, 0.717) is 0 Å². The third-order valence-corrected chi connectivity index (χ3v) is 4.37. The van der Waals surface area contributed by atoms with Crippen LogP contribution >= 0.6 is 0 Å². The van der Waals surface area contributed by atoms with Crippen LogP contribution in [0.2, 0.25) is 0 Å². The highest BCUT2D eigenvalue weighted by Gasteiger charge is 2.34. The topological polar surface area (TPSA) is 122 Å². The first kappa shape index (κ1) is 17.9. The lowest BCUT2D eigenvalue weighted by molar-refractivity contribution is -0.345. The highest BCUT2D eigenvalue weighted by atomic mass is 16.4. The van der Waals surface area contributed by atoms with Gasteiger partial charge in [-0.1, -0.05) is 12.8 Å². The second-order valence-electron chi connectivity index (χ2n) is 5.99. The van der Waals surface area contributed by atoms with Gasteiger partial charge in [0.2, 0.25) is 0 Å². The molecule has 21 heavy (non-hydrogen) atoms. The number of nitrogens with one attached hydrogen (secondary N) is 1. The van der Waals surface area contributed by atoms with Crippen molar-refractivity contribution >= 4 is 11.9 Å². The van der Waals surface area contributed by atoms with Gasteiger partial charge >= 0.3 is 0 Å². The molecule has 2 fully saturated rings. The van der Waals surface area contributed by atoms with Gasteiger partial charge in [-0.3, -0.25) is 0 Å². The van der Waals surface area contributed by atoms with Crippen molar-refractivity contribution in [3.63, 3.8) is 0 Å². The zero-order chi connectivity index (χ0) is 15.9. The molecule has 0 aromatic rings. The lowest BCUT2D eigenvalue weighted by Crippen LogP contribution is -2.59. The van der Waals surface area contributed by atoms with Crippen molar-refractivity contribution < 1.29 is 19.8 Å². The normalized spacial score (nSPS) is 22.4. The fourth-order valence-corrected chi connectivity index (χ4v) is 2.96. The van der Waals surface area contributed by atoms with E-state index < -0.39 is 11.9 Å². The predicted octanol–water partition coefficient (Wildman–Crippen LogP) is -2.57. The molecule has 7 heteroatoms. The SMILES string of the molecule is CN1CCC(CN)(NC2CCCC2)CC1.O=C([O-])C(=O)[O-]. The van der Waals surface area contributed by atoms with E-state index in [-0.39, 0.29) is 5.54 Å². The molecule has 1 saturated heterocycles. The monoisotopic (exact) mass is 299 g/mol. The minimum atomic E-state index is -2.19. The lowest BCUT2D eigenvalue weighted by Gasteiger charge is -2.42. The molecule has 0 aromatic carbocycles. The number of hydrogen-bond acceptors (Lipinski definition) is 7. The van der Waals surface area contributed by atoms with Gasteiger partial charge in [-0.05, 0) is 45.8 Å². The second kappa shape index (κ2) is 8.31. The molecular weight excluding hydrogens is 274 g/mol. The number of nitrogens with two attached hydrogens (primary N) is 1. The summed E-state index contributed by atoms with van der Waals surface area (Å²) in [4.78, 5) is 20.3. The van der Waals surface area contributed by atoms with E-state index in [2.05, 4.69) is 17.3 Å². The van der Waals surface area contributed by atoms with E-state index in [1.54, 1.807) is 0 Å². The van der Waals surface area contributed by atoms with Crippen LogP contribution in [0.15, 0.2) is 0 Å². The predicted molar refractivity (Wildman–Crippen MR) is 73.9 cm³/mol. The molecule has 0 radical (unpaired) electrons. The molecule has 2 aliphatic rings. The minimum Gasteiger partial charge on any atom is -0.543 e. The van der Waals surface area contributed by atoms with Crippen molar-refractivity contribution in [1.82, 2.24) is 10.2 Å². The largest absolute Gasteiger partial charge is 0.543 e. The molecule has 0 atom stereocenters. The van der Waals surface area contributed by atoms with Gasteiger partial charge in [-0.2, -0.15) is 0 Å². The lowest BCUT2D eigenvalue weighted by atomic mass is 9.86. The summed E-state index contributed by atoms with van der Waals surface area (Å²) in [5.41, 5.74) is 6.23. The molecule has 7 nitrogen and oxygen atoms in total. The number of aliphatic carboxylic acids is 2. The highest BCUT2D eigenvalue weighted by Crippen LogP contribution is 2.26. The summed E-state index contributed by atoms with van der Waals surface area (Å²) in [6.45, 7) is 3.19. The Morgan fingerprint density at radius 2 is 1.67 bits per heavy atom. The molecule has 3 N–H and O–H groups in total. The van der Waals surface area contributed by atoms with E-state index in [9.17, 15) is 0 Å². The van der Waals surface area contributed by atoms with E-state index in [1.165, 1.54) is 51.6 Å². The Morgan fingerprint density at radius 3 is 2.05 bits per heavy atom. The molecule has 1 saturated carbocycles. The van der Waals surface area contributed by atoms with Crippen LogP contribution in [0, 0.1) is 0 Å². The van der Waals surface area contributed by atoms with Gasteiger partial charge < -0.3 is 35.8 Å². The number of likely N-dealkylation sites (tertiary alicyclic amines) is 1. The third-order valence-electron chi connectivity index (χ3n) is 4.37. The molecule has 0 unspecified atom stereocenters. The Morgan fingerprint density at radius 1 is 1.19 bits per heavy atom. The zero-order valence-corrected chi connectivity index (χ0v) is 12.6. The summed E-state index contributed by atoms with van der Waals surface area (Å²) in [6.07, 6.45) is 7.96. The maximum Gasteiger partial charge on any atom is 0.0870 e. The number of rotatable bonds is 3. The van der Waals surface area contributed by atoms with Gasteiger partial charge in [-0.25, -0.2) is 0 Å². The maximum atomic E-state index is 8.93. The van der Waals surface area contributed by atoms with Crippen molar-refractivity contribution in [1.29, 1.82) is 0 Å². The molecule has 0 bridgehead atoms. The van der Waals surface area contributed by atoms with Crippen LogP contribution in [0.5, 0.6) is 0 Å². The number of nitrogens with zero attached hydrogens (tertiary/aromatic N) is 1. The molecule has 1 aliphatic carbocycles. The van der Waals surface area contributed by atoms with Crippen molar-refractivity contribution in [3.8, 4) is 0 Å². The molecule has 122 valence electrons. The number of carbonyl (C=O) groups is 2. The van der Waals surface area contributed by atoms with Gasteiger partial charge in [0.25, 0.3) is 0 Å². The van der Waals surface area contributed by atoms with Gasteiger partial charge in [0.1, 0.15) is 0 Å². The Balaban J connectivity index is 0.000000315. The highest BCUT2D eigenvalue weighted by molar-refractivity contribution is 6.25. The number of carboxylic acids is 2. The van der Waals surface area contributed by atoms with Crippen LogP contribution in [-0.4, -0.2) is 55.1 Å². The maximum absolute atomic E-state index is 8.93. The fraction of sp³-hybridized carbons (Fsp3) is 0.857. The Labute approximate surface area is 125 Å². The van der Waals surface area contributed by atoms with Crippen LogP contribution in [0.4, 0.5) is 0 Å². The Kier molecular flexibility index (Phi) is 7.07. The average molecular weight is 299 g/mol. The van der Waals surface area contributed by atoms with Crippen molar-refractivity contribution in [2.75, 3.05) is 26.7 Å². The molecule has 1 heterocycles.